The van der Waals surface area contributed by atoms with Crippen LogP contribution in [0.15, 0.2) is 30.3 Å². The Morgan fingerprint density at radius 1 is 1.14 bits per heavy atom. The molecule has 0 spiro atoms. The third-order valence-corrected chi connectivity index (χ3v) is 2.86. The average molecular weight is 191 g/mol. The van der Waals surface area contributed by atoms with Crippen molar-refractivity contribution in [2.45, 2.75) is 33.6 Å². The zero-order valence-corrected chi connectivity index (χ0v) is 9.51. The van der Waals surface area contributed by atoms with E-state index in [1.807, 2.05) is 6.07 Å². The van der Waals surface area contributed by atoms with Gasteiger partial charge in [-0.1, -0.05) is 45.4 Å². The van der Waals surface area contributed by atoms with Crippen LogP contribution in [0.4, 0.5) is 5.69 Å². The molecule has 78 valence electrons. The summed E-state index contributed by atoms with van der Waals surface area (Å²) in [4.78, 5) is 0. The summed E-state index contributed by atoms with van der Waals surface area (Å²) in [6.07, 6.45) is 2.46. The monoisotopic (exact) mass is 191 g/mol. The van der Waals surface area contributed by atoms with Gasteiger partial charge in [-0.3, -0.25) is 0 Å². The van der Waals surface area contributed by atoms with Crippen LogP contribution in [0.5, 0.6) is 0 Å². The summed E-state index contributed by atoms with van der Waals surface area (Å²) in [6, 6.07) is 10.4. The molecule has 0 aliphatic carbocycles. The maximum Gasteiger partial charge on any atom is 0.0340 e. The Balaban J connectivity index is 2.29. The summed E-state index contributed by atoms with van der Waals surface area (Å²) in [7, 11) is 0. The van der Waals surface area contributed by atoms with E-state index >= 15 is 0 Å². The third-order valence-electron chi connectivity index (χ3n) is 2.86. The Hall–Kier alpha value is -0.980. The number of rotatable bonds is 5. The molecule has 0 aliphatic heterocycles. The molecule has 0 bridgehead atoms. The van der Waals surface area contributed by atoms with Gasteiger partial charge in [0.2, 0.25) is 0 Å². The maximum atomic E-state index is 3.44. The Morgan fingerprint density at radius 3 is 2.36 bits per heavy atom. The van der Waals surface area contributed by atoms with Crippen molar-refractivity contribution >= 4 is 5.69 Å². The van der Waals surface area contributed by atoms with E-state index in [9.17, 15) is 0 Å². The van der Waals surface area contributed by atoms with E-state index in [1.54, 1.807) is 0 Å². The minimum absolute atomic E-state index is 0.460. The van der Waals surface area contributed by atoms with Gasteiger partial charge in [-0.15, -0.1) is 0 Å². The molecule has 0 atom stereocenters. The molecule has 0 saturated carbocycles. The minimum Gasteiger partial charge on any atom is -0.385 e. The van der Waals surface area contributed by atoms with Crippen LogP contribution < -0.4 is 5.32 Å². The fraction of sp³-hybridized carbons (Fsp3) is 0.538. The van der Waals surface area contributed by atoms with Crippen LogP contribution in [0, 0.1) is 5.41 Å². The van der Waals surface area contributed by atoms with Crippen molar-refractivity contribution in [3.8, 4) is 0 Å². The van der Waals surface area contributed by atoms with E-state index in [-0.39, 0.29) is 0 Å². The average Bonchev–Trinajstić information content (AvgIpc) is 2.19. The van der Waals surface area contributed by atoms with Gasteiger partial charge >= 0.3 is 0 Å². The second kappa shape index (κ2) is 5.04. The molecule has 0 aliphatic rings. The lowest BCUT2D eigenvalue weighted by atomic mass is 9.86. The first-order valence-corrected chi connectivity index (χ1v) is 5.43. The first-order valence-electron chi connectivity index (χ1n) is 5.43. The fourth-order valence-corrected chi connectivity index (χ4v) is 1.28. The number of benzene rings is 1. The van der Waals surface area contributed by atoms with Gasteiger partial charge in [0, 0.05) is 12.2 Å². The molecule has 0 fully saturated rings. The molecule has 1 rings (SSSR count). The van der Waals surface area contributed by atoms with Crippen molar-refractivity contribution in [2.75, 3.05) is 11.9 Å². The first kappa shape index (κ1) is 11.1. The van der Waals surface area contributed by atoms with Crippen LogP contribution in [0.1, 0.15) is 33.6 Å². The lowest BCUT2D eigenvalue weighted by molar-refractivity contribution is 0.332. The second-order valence-electron chi connectivity index (χ2n) is 4.56. The quantitative estimate of drug-likeness (QED) is 0.743. The molecule has 1 aromatic carbocycles. The summed E-state index contributed by atoms with van der Waals surface area (Å²) in [6.45, 7) is 7.95. The first-order chi connectivity index (χ1) is 6.64. The Morgan fingerprint density at radius 2 is 1.79 bits per heavy atom. The van der Waals surface area contributed by atoms with Crippen molar-refractivity contribution in [3.05, 3.63) is 30.3 Å². The van der Waals surface area contributed by atoms with Crippen LogP contribution in [-0.4, -0.2) is 6.54 Å². The lowest BCUT2D eigenvalue weighted by Gasteiger charge is -2.22. The summed E-state index contributed by atoms with van der Waals surface area (Å²) in [5, 5.41) is 3.44. The van der Waals surface area contributed by atoms with Crippen LogP contribution >= 0.6 is 0 Å². The van der Waals surface area contributed by atoms with Crippen LogP contribution in [0.2, 0.25) is 0 Å². The van der Waals surface area contributed by atoms with E-state index in [4.69, 9.17) is 0 Å². The van der Waals surface area contributed by atoms with E-state index in [1.165, 1.54) is 18.5 Å². The highest BCUT2D eigenvalue weighted by Gasteiger charge is 2.13. The highest BCUT2D eigenvalue weighted by molar-refractivity contribution is 5.42. The molecule has 0 unspecified atom stereocenters. The molecule has 14 heavy (non-hydrogen) atoms. The molecule has 0 saturated heterocycles. The van der Waals surface area contributed by atoms with Gasteiger partial charge < -0.3 is 5.32 Å². The van der Waals surface area contributed by atoms with Crippen LogP contribution in [-0.2, 0) is 0 Å². The highest BCUT2D eigenvalue weighted by Crippen LogP contribution is 2.24. The Labute approximate surface area is 87.5 Å². The van der Waals surface area contributed by atoms with Gasteiger partial charge in [0.25, 0.3) is 0 Å². The molecular formula is C13H21N. The predicted molar refractivity (Wildman–Crippen MR) is 63.6 cm³/mol. The topological polar surface area (TPSA) is 12.0 Å². The van der Waals surface area contributed by atoms with Gasteiger partial charge in [0.15, 0.2) is 0 Å². The van der Waals surface area contributed by atoms with E-state index < -0.39 is 0 Å². The minimum atomic E-state index is 0.460. The Bertz CT molecular complexity index is 251. The standard InChI is InChI=1S/C13H21N/c1-4-13(2,3)10-11-14-12-8-6-5-7-9-12/h5-9,14H,4,10-11H2,1-3H3. The maximum absolute atomic E-state index is 3.44. The van der Waals surface area contributed by atoms with Gasteiger partial charge in [-0.25, -0.2) is 0 Å². The molecule has 1 N–H and O–H groups in total. The molecular weight excluding hydrogens is 170 g/mol. The van der Waals surface area contributed by atoms with Gasteiger partial charge in [-0.2, -0.15) is 0 Å². The number of hydrogen-bond acceptors (Lipinski definition) is 1. The number of anilines is 1. The van der Waals surface area contributed by atoms with Crippen molar-refractivity contribution in [1.29, 1.82) is 0 Å². The third kappa shape index (κ3) is 3.82. The summed E-state index contributed by atoms with van der Waals surface area (Å²) < 4.78 is 0. The van der Waals surface area contributed by atoms with Crippen LogP contribution in [0.3, 0.4) is 0 Å². The van der Waals surface area contributed by atoms with Crippen molar-refractivity contribution in [1.82, 2.24) is 0 Å². The summed E-state index contributed by atoms with van der Waals surface area (Å²) in [5.41, 5.74) is 1.68. The highest BCUT2D eigenvalue weighted by atomic mass is 14.9. The van der Waals surface area contributed by atoms with Crippen LogP contribution in [0.25, 0.3) is 0 Å². The number of hydrogen-bond donors (Lipinski definition) is 1. The van der Waals surface area contributed by atoms with Gasteiger partial charge in [0.05, 0.1) is 0 Å². The molecule has 0 aromatic heterocycles. The number of para-hydroxylation sites is 1. The zero-order valence-electron chi connectivity index (χ0n) is 9.51. The second-order valence-corrected chi connectivity index (χ2v) is 4.56. The smallest absolute Gasteiger partial charge is 0.0340 e. The van der Waals surface area contributed by atoms with Crippen molar-refractivity contribution in [2.24, 2.45) is 5.41 Å². The molecule has 0 heterocycles. The fourth-order valence-electron chi connectivity index (χ4n) is 1.28. The van der Waals surface area contributed by atoms with Crippen molar-refractivity contribution < 1.29 is 0 Å². The van der Waals surface area contributed by atoms with E-state index in [2.05, 4.69) is 50.4 Å². The number of nitrogens with one attached hydrogen (secondary N) is 1. The molecule has 1 nitrogen and oxygen atoms in total. The van der Waals surface area contributed by atoms with E-state index in [0.717, 1.165) is 6.54 Å². The molecule has 1 heteroatoms. The lowest BCUT2D eigenvalue weighted by Crippen LogP contribution is -2.15. The molecule has 0 radical (unpaired) electrons. The normalized spacial score (nSPS) is 11.4. The van der Waals surface area contributed by atoms with Gasteiger partial charge in [0.1, 0.15) is 0 Å². The molecule has 1 aromatic rings. The zero-order chi connectivity index (χ0) is 10.4. The van der Waals surface area contributed by atoms with Gasteiger partial charge in [-0.05, 0) is 24.0 Å². The summed E-state index contributed by atoms with van der Waals surface area (Å²) >= 11 is 0. The Kier molecular flexibility index (Phi) is 3.99. The van der Waals surface area contributed by atoms with E-state index in [0.29, 0.717) is 5.41 Å². The largest absolute Gasteiger partial charge is 0.385 e. The predicted octanol–water partition coefficient (Wildman–Crippen LogP) is 3.92. The van der Waals surface area contributed by atoms with Crippen molar-refractivity contribution in [3.63, 3.8) is 0 Å². The molecule has 0 amide bonds. The summed E-state index contributed by atoms with van der Waals surface area (Å²) in [5.74, 6) is 0. The SMILES string of the molecule is CCC(C)(C)CCNc1ccccc1.